The van der Waals surface area contributed by atoms with Crippen molar-refractivity contribution in [2.24, 2.45) is 0 Å². The molecule has 1 heterocycles. The average Bonchev–Trinajstić information content (AvgIpc) is 2.75. The van der Waals surface area contributed by atoms with Crippen LogP contribution in [0, 0.1) is 24.0 Å². The van der Waals surface area contributed by atoms with Crippen molar-refractivity contribution in [2.45, 2.75) is 20.5 Å². The second kappa shape index (κ2) is 5.60. The molecule has 0 aliphatic carbocycles. The number of hydrogen-bond acceptors (Lipinski definition) is 6. The normalized spacial score (nSPS) is 10.3. The molecule has 0 aliphatic rings. The maximum absolute atomic E-state index is 10.8. The van der Waals surface area contributed by atoms with Gasteiger partial charge in [-0.3, -0.25) is 10.1 Å². The summed E-state index contributed by atoms with van der Waals surface area (Å²) in [5, 5.41) is 14.6. The zero-order chi connectivity index (χ0) is 14.7. The van der Waals surface area contributed by atoms with Gasteiger partial charge in [-0.05, 0) is 19.9 Å². The van der Waals surface area contributed by atoms with Gasteiger partial charge in [-0.1, -0.05) is 5.16 Å². The van der Waals surface area contributed by atoms with Gasteiger partial charge in [0.05, 0.1) is 29.4 Å². The highest BCUT2D eigenvalue weighted by molar-refractivity contribution is 5.48. The van der Waals surface area contributed by atoms with E-state index in [9.17, 15) is 10.1 Å². The van der Waals surface area contributed by atoms with Crippen molar-refractivity contribution >= 4 is 5.69 Å². The van der Waals surface area contributed by atoms with E-state index < -0.39 is 4.92 Å². The maximum atomic E-state index is 10.8. The van der Waals surface area contributed by atoms with Crippen molar-refractivity contribution in [3.05, 3.63) is 45.3 Å². The lowest BCUT2D eigenvalue weighted by atomic mass is 10.2. The molecule has 0 radical (unpaired) electrons. The van der Waals surface area contributed by atoms with Crippen LogP contribution in [-0.2, 0) is 6.61 Å². The molecule has 0 N–H and O–H groups in total. The Labute approximate surface area is 115 Å². The van der Waals surface area contributed by atoms with E-state index in [1.165, 1.54) is 25.3 Å². The fraction of sp³-hybridized carbons (Fsp3) is 0.308. The molecule has 0 atom stereocenters. The first kappa shape index (κ1) is 13.9. The van der Waals surface area contributed by atoms with E-state index in [4.69, 9.17) is 14.0 Å². The largest absolute Gasteiger partial charge is 0.493 e. The number of nitrogens with zero attached hydrogens (tertiary/aromatic N) is 2. The molecule has 7 heteroatoms. The number of rotatable bonds is 5. The lowest BCUT2D eigenvalue weighted by Gasteiger charge is -2.10. The SMILES string of the molecule is COc1ccc([N+](=O)[O-])cc1OCc1c(C)noc1C. The summed E-state index contributed by atoms with van der Waals surface area (Å²) in [6.45, 7) is 3.79. The summed E-state index contributed by atoms with van der Waals surface area (Å²) in [5.41, 5.74) is 1.49. The third-order valence-corrected chi connectivity index (χ3v) is 2.91. The number of benzene rings is 1. The maximum Gasteiger partial charge on any atom is 0.273 e. The number of nitro groups is 1. The van der Waals surface area contributed by atoms with Crippen LogP contribution in [0.3, 0.4) is 0 Å². The predicted molar refractivity (Wildman–Crippen MR) is 70.0 cm³/mol. The minimum absolute atomic E-state index is 0.0560. The van der Waals surface area contributed by atoms with Crippen LogP contribution in [0.2, 0.25) is 0 Å². The van der Waals surface area contributed by atoms with Gasteiger partial charge >= 0.3 is 0 Å². The van der Waals surface area contributed by atoms with Gasteiger partial charge < -0.3 is 14.0 Å². The van der Waals surface area contributed by atoms with Crippen molar-refractivity contribution in [1.29, 1.82) is 0 Å². The van der Waals surface area contributed by atoms with Crippen molar-refractivity contribution in [3.8, 4) is 11.5 Å². The number of non-ortho nitro benzene ring substituents is 1. The first-order valence-electron chi connectivity index (χ1n) is 5.90. The van der Waals surface area contributed by atoms with Crippen LogP contribution in [-0.4, -0.2) is 17.2 Å². The molecular weight excluding hydrogens is 264 g/mol. The molecule has 0 saturated carbocycles. The minimum atomic E-state index is -0.484. The quantitative estimate of drug-likeness (QED) is 0.617. The van der Waals surface area contributed by atoms with E-state index in [2.05, 4.69) is 5.16 Å². The van der Waals surface area contributed by atoms with Crippen molar-refractivity contribution in [1.82, 2.24) is 5.16 Å². The Morgan fingerprint density at radius 1 is 1.35 bits per heavy atom. The van der Waals surface area contributed by atoms with Gasteiger partial charge in [0.2, 0.25) is 0 Å². The first-order valence-corrected chi connectivity index (χ1v) is 5.90. The van der Waals surface area contributed by atoms with E-state index in [1.807, 2.05) is 0 Å². The monoisotopic (exact) mass is 278 g/mol. The van der Waals surface area contributed by atoms with Crippen molar-refractivity contribution in [3.63, 3.8) is 0 Å². The van der Waals surface area contributed by atoms with Crippen molar-refractivity contribution < 1.29 is 18.9 Å². The standard InChI is InChI=1S/C13H14N2O5/c1-8-11(9(2)20-14-8)7-19-13-6-10(15(16)17)4-5-12(13)18-3/h4-6H,7H2,1-3H3. The fourth-order valence-electron chi connectivity index (χ4n) is 1.75. The molecule has 1 aromatic heterocycles. The van der Waals surface area contributed by atoms with E-state index in [0.717, 1.165) is 11.3 Å². The average molecular weight is 278 g/mol. The number of ether oxygens (including phenoxy) is 2. The molecule has 0 spiro atoms. The topological polar surface area (TPSA) is 87.6 Å². The lowest BCUT2D eigenvalue weighted by Crippen LogP contribution is -2.00. The van der Waals surface area contributed by atoms with Crippen LogP contribution in [0.5, 0.6) is 11.5 Å². The Morgan fingerprint density at radius 3 is 2.65 bits per heavy atom. The van der Waals surface area contributed by atoms with Gasteiger partial charge in [-0.25, -0.2) is 0 Å². The predicted octanol–water partition coefficient (Wildman–Crippen LogP) is 2.79. The molecule has 0 saturated heterocycles. The number of methoxy groups -OCH3 is 1. The van der Waals surface area contributed by atoms with Crippen LogP contribution in [0.25, 0.3) is 0 Å². The van der Waals surface area contributed by atoms with E-state index >= 15 is 0 Å². The second-order valence-electron chi connectivity index (χ2n) is 4.18. The highest BCUT2D eigenvalue weighted by atomic mass is 16.6. The smallest absolute Gasteiger partial charge is 0.273 e. The summed E-state index contributed by atoms with van der Waals surface area (Å²) in [7, 11) is 1.48. The van der Waals surface area contributed by atoms with Gasteiger partial charge in [0, 0.05) is 6.07 Å². The Balaban J connectivity index is 2.24. The molecule has 0 bridgehead atoms. The molecule has 20 heavy (non-hydrogen) atoms. The van der Waals surface area contributed by atoms with Gasteiger partial charge in [0.15, 0.2) is 11.5 Å². The van der Waals surface area contributed by atoms with Crippen LogP contribution >= 0.6 is 0 Å². The zero-order valence-electron chi connectivity index (χ0n) is 11.4. The summed E-state index contributed by atoms with van der Waals surface area (Å²) in [4.78, 5) is 10.3. The van der Waals surface area contributed by atoms with Crippen LogP contribution < -0.4 is 9.47 Å². The van der Waals surface area contributed by atoms with Crippen LogP contribution in [0.15, 0.2) is 22.7 Å². The Hall–Kier alpha value is -2.57. The zero-order valence-corrected chi connectivity index (χ0v) is 11.4. The van der Waals surface area contributed by atoms with Gasteiger partial charge in [-0.2, -0.15) is 0 Å². The number of aryl methyl sites for hydroxylation is 2. The van der Waals surface area contributed by atoms with E-state index in [1.54, 1.807) is 13.8 Å². The molecule has 1 aromatic carbocycles. The Morgan fingerprint density at radius 2 is 2.10 bits per heavy atom. The summed E-state index contributed by atoms with van der Waals surface area (Å²) in [5.74, 6) is 1.40. The Kier molecular flexibility index (Phi) is 3.88. The molecular formula is C13H14N2O5. The number of aromatic nitrogens is 1. The molecule has 106 valence electrons. The van der Waals surface area contributed by atoms with Crippen molar-refractivity contribution in [2.75, 3.05) is 7.11 Å². The van der Waals surface area contributed by atoms with Crippen LogP contribution in [0.1, 0.15) is 17.0 Å². The van der Waals surface area contributed by atoms with Gasteiger partial charge in [0.1, 0.15) is 12.4 Å². The Bertz CT molecular complexity index is 616. The summed E-state index contributed by atoms with van der Waals surface area (Å²) < 4.78 is 15.8. The van der Waals surface area contributed by atoms with E-state index in [0.29, 0.717) is 17.3 Å². The summed E-state index contributed by atoms with van der Waals surface area (Å²) >= 11 is 0. The molecule has 0 unspecified atom stereocenters. The molecule has 7 nitrogen and oxygen atoms in total. The summed E-state index contributed by atoms with van der Waals surface area (Å²) in [6, 6.07) is 4.19. The minimum Gasteiger partial charge on any atom is -0.493 e. The summed E-state index contributed by atoms with van der Waals surface area (Å²) in [6.07, 6.45) is 0. The fourth-order valence-corrected chi connectivity index (χ4v) is 1.75. The molecule has 2 rings (SSSR count). The molecule has 2 aromatic rings. The second-order valence-corrected chi connectivity index (χ2v) is 4.18. The highest BCUT2D eigenvalue weighted by Crippen LogP contribution is 2.32. The molecule has 0 amide bonds. The molecule has 0 aliphatic heterocycles. The first-order chi connectivity index (χ1) is 9.52. The highest BCUT2D eigenvalue weighted by Gasteiger charge is 2.15. The third-order valence-electron chi connectivity index (χ3n) is 2.91. The number of nitro benzene ring substituents is 1. The van der Waals surface area contributed by atoms with Gasteiger partial charge in [-0.15, -0.1) is 0 Å². The number of hydrogen-bond donors (Lipinski definition) is 0. The van der Waals surface area contributed by atoms with E-state index in [-0.39, 0.29) is 12.3 Å². The molecule has 0 fully saturated rings. The lowest BCUT2D eigenvalue weighted by molar-refractivity contribution is -0.385. The van der Waals surface area contributed by atoms with Crippen LogP contribution in [0.4, 0.5) is 5.69 Å². The van der Waals surface area contributed by atoms with Gasteiger partial charge in [0.25, 0.3) is 5.69 Å². The third kappa shape index (κ3) is 2.71.